The molecule has 0 aliphatic carbocycles. The maximum Gasteiger partial charge on any atom is 1.00 e. The first-order valence-electron chi connectivity index (χ1n) is 14.2. The van der Waals surface area contributed by atoms with Crippen LogP contribution in [0.3, 0.4) is 0 Å². The molecule has 4 N–H and O–H groups in total. The number of aromatic amines is 2. The number of nitrogens with zero attached hydrogens (tertiary/aromatic N) is 1. The van der Waals surface area contributed by atoms with Crippen LogP contribution >= 0.6 is 0 Å². The summed E-state index contributed by atoms with van der Waals surface area (Å²) < 4.78 is 5.00. The van der Waals surface area contributed by atoms with Crippen molar-refractivity contribution in [1.82, 2.24) is 9.97 Å². The van der Waals surface area contributed by atoms with Gasteiger partial charge in [0.2, 0.25) is 5.78 Å². The number of hydrogen-bond donors (Lipinski definition) is 4. The Kier molecular flexibility index (Phi) is 16.2. The first kappa shape index (κ1) is 42.3. The fourth-order valence-corrected chi connectivity index (χ4v) is 4.97. The third kappa shape index (κ3) is 9.68. The number of ether oxygens (including phenoxy) is 1. The second-order valence-electron chi connectivity index (χ2n) is 10.0. The zero-order valence-corrected chi connectivity index (χ0v) is 31.1. The number of anilines is 1. The molecule has 0 unspecified atom stereocenters. The van der Waals surface area contributed by atoms with Crippen LogP contribution in [-0.4, -0.2) is 50.7 Å². The average Bonchev–Trinajstić information content (AvgIpc) is 3.83. The van der Waals surface area contributed by atoms with Crippen LogP contribution < -0.4 is 74.4 Å². The van der Waals surface area contributed by atoms with Gasteiger partial charge in [-0.15, -0.1) is 0 Å². The van der Waals surface area contributed by atoms with Crippen LogP contribution in [0.4, 0.5) is 11.4 Å². The Balaban J connectivity index is 0.000000373. The van der Waals surface area contributed by atoms with Crippen molar-refractivity contribution in [3.05, 3.63) is 120 Å². The van der Waals surface area contributed by atoms with Crippen LogP contribution in [-0.2, 0) is 19.3 Å². The van der Waals surface area contributed by atoms with Crippen molar-refractivity contribution in [2.45, 2.75) is 14.4 Å². The molecule has 15 heteroatoms. The standard InChI is InChI=1S/C16H10N2O2.C10H9NO2.C8H5NO2.CH2O3.CH4.2Na.H/c19-15-10-6-2-4-8-12(10)17-14(15)13-9-5-1-3-7-11(9)18-16(13)20;1-7(12)13-10-6-11-9-5-3-2-4-8(9)10;10-7-5-3-1-2-4-6(5)9-8(7)11;2-1-4-3;;;;/h1-8,18,20H;2-6,11H,1H3;1-4H,(H,9,10,11);1,3H;1H4;;;/q;;;;;2*+1;-1/p-1. The molecular weight excluding hydrogens is 678 g/mol. The minimum Gasteiger partial charge on any atom is -1.00 e. The number of esters is 1. The van der Waals surface area contributed by atoms with Gasteiger partial charge in [0.05, 0.1) is 22.5 Å². The summed E-state index contributed by atoms with van der Waals surface area (Å²) in [6.45, 7) is 1.21. The summed E-state index contributed by atoms with van der Waals surface area (Å²) in [7, 11) is 0. The molecule has 0 spiro atoms. The number of aliphatic imine (C=N–C) groups is 1. The zero-order chi connectivity index (χ0) is 34.2. The first-order chi connectivity index (χ1) is 23.2. The number of Topliss-reactive ketones (excluding diaryl/α,β-unsaturated/α-hetero) is 2. The number of amides is 1. The summed E-state index contributed by atoms with van der Waals surface area (Å²) in [6, 6.07) is 29.2. The van der Waals surface area contributed by atoms with Crippen LogP contribution in [0.5, 0.6) is 11.6 Å². The Morgan fingerprint density at radius 1 is 0.824 bits per heavy atom. The smallest absolute Gasteiger partial charge is 1.00 e. The van der Waals surface area contributed by atoms with Crippen molar-refractivity contribution in [2.24, 2.45) is 4.99 Å². The second kappa shape index (κ2) is 19.5. The number of nitrogens with one attached hydrogen (secondary N) is 3. The normalized spacial score (nSPS) is 11.5. The molecule has 0 fully saturated rings. The van der Waals surface area contributed by atoms with Gasteiger partial charge < -0.3 is 36.7 Å². The molecule has 2 aliphatic rings. The van der Waals surface area contributed by atoms with E-state index in [9.17, 15) is 24.3 Å². The molecule has 51 heavy (non-hydrogen) atoms. The molecule has 2 aliphatic heterocycles. The number of hydrogen-bond acceptors (Lipinski definition) is 10. The number of H-pyrrole nitrogens is 2. The number of aromatic hydroxyl groups is 1. The van der Waals surface area contributed by atoms with Gasteiger partial charge in [0.25, 0.3) is 18.2 Å². The number of ketones is 2. The van der Waals surface area contributed by atoms with Crippen molar-refractivity contribution < 1.29 is 105 Å². The summed E-state index contributed by atoms with van der Waals surface area (Å²) in [4.78, 5) is 66.4. The quantitative estimate of drug-likeness (QED) is 0.0458. The van der Waals surface area contributed by atoms with E-state index in [1.165, 1.54) is 6.92 Å². The van der Waals surface area contributed by atoms with Crippen LogP contribution in [0.25, 0.3) is 21.8 Å². The van der Waals surface area contributed by atoms with Crippen LogP contribution in [0, 0.1) is 0 Å². The summed E-state index contributed by atoms with van der Waals surface area (Å²) in [5.74, 6) is -0.869. The summed E-state index contributed by atoms with van der Waals surface area (Å²) in [5, 5.41) is 22.7. The molecule has 4 heterocycles. The number of benzene rings is 4. The van der Waals surface area contributed by atoms with Crippen molar-refractivity contribution in [1.29, 1.82) is 0 Å². The molecule has 0 atom stereocenters. The number of para-hydroxylation sites is 4. The summed E-state index contributed by atoms with van der Waals surface area (Å²) >= 11 is 0. The van der Waals surface area contributed by atoms with Gasteiger partial charge in [-0.05, 0) is 42.5 Å². The minimum atomic E-state index is -0.536. The second-order valence-corrected chi connectivity index (χ2v) is 10.0. The summed E-state index contributed by atoms with van der Waals surface area (Å²) in [5.41, 5.74) is 4.83. The van der Waals surface area contributed by atoms with E-state index in [1.807, 2.05) is 60.7 Å². The Morgan fingerprint density at radius 3 is 2.02 bits per heavy atom. The molecule has 0 bridgehead atoms. The number of carbonyl (C=O) groups is 5. The third-order valence-electron chi connectivity index (χ3n) is 6.99. The molecular formula is C36H30N4Na2O9. The summed E-state index contributed by atoms with van der Waals surface area (Å²) in [6.07, 6.45) is 1.69. The van der Waals surface area contributed by atoms with Gasteiger partial charge >= 0.3 is 65.1 Å². The Labute approximate surface area is 337 Å². The largest absolute Gasteiger partial charge is 1.00 e. The molecule has 1 amide bonds. The maximum atomic E-state index is 12.4. The van der Waals surface area contributed by atoms with Crippen LogP contribution in [0.1, 0.15) is 42.1 Å². The fraction of sp³-hybridized carbons (Fsp3) is 0.0556. The van der Waals surface area contributed by atoms with Gasteiger partial charge in [-0.25, -0.2) is 4.99 Å². The van der Waals surface area contributed by atoms with E-state index in [-0.39, 0.29) is 92.1 Å². The van der Waals surface area contributed by atoms with Crippen LogP contribution in [0.15, 0.2) is 108 Å². The third-order valence-corrected chi connectivity index (χ3v) is 6.99. The molecule has 8 rings (SSSR count). The Morgan fingerprint density at radius 2 is 1.39 bits per heavy atom. The Hall–Kier alpha value is -4.86. The van der Waals surface area contributed by atoms with Crippen LogP contribution in [0.2, 0.25) is 0 Å². The molecule has 0 saturated heterocycles. The number of aromatic nitrogens is 2. The predicted molar refractivity (Wildman–Crippen MR) is 181 cm³/mol. The van der Waals surface area contributed by atoms with E-state index < -0.39 is 11.7 Å². The monoisotopic (exact) mass is 708 g/mol. The minimum absolute atomic E-state index is 0. The van der Waals surface area contributed by atoms with Gasteiger partial charge in [-0.2, -0.15) is 0 Å². The van der Waals surface area contributed by atoms with Gasteiger partial charge in [0.15, 0.2) is 11.6 Å². The molecule has 6 aromatic rings. The fourth-order valence-electron chi connectivity index (χ4n) is 4.97. The SMILES string of the molecule is C.CC(=O)Oc1c[nH]c2ccccc12.O=C1C(c2c(O)[nH]c3ccccc23)=Nc2ccccc21.O=C1Nc2ccccc2C1=O.O=CO[O-].[H-].[Na+].[Na+]. The van der Waals surface area contributed by atoms with Gasteiger partial charge in [-0.1, -0.05) is 62.0 Å². The van der Waals surface area contributed by atoms with Crippen molar-refractivity contribution >= 4 is 68.8 Å². The number of fused-ring (bicyclic) bond motifs is 4. The van der Waals surface area contributed by atoms with Crippen molar-refractivity contribution in [2.75, 3.05) is 5.32 Å². The van der Waals surface area contributed by atoms with E-state index >= 15 is 0 Å². The van der Waals surface area contributed by atoms with E-state index in [1.54, 1.807) is 42.6 Å². The van der Waals surface area contributed by atoms with E-state index in [0.717, 1.165) is 21.8 Å². The molecule has 13 nitrogen and oxygen atoms in total. The molecule has 2 aromatic heterocycles. The number of rotatable bonds is 3. The molecule has 4 aromatic carbocycles. The first-order valence-corrected chi connectivity index (χ1v) is 14.2. The number of carbonyl (C=O) groups excluding carboxylic acids is 5. The van der Waals surface area contributed by atoms with Gasteiger partial charge in [0, 0.05) is 40.5 Å². The Bertz CT molecular complexity index is 2230. The van der Waals surface area contributed by atoms with E-state index in [0.29, 0.717) is 39.5 Å². The molecule has 0 radical (unpaired) electrons. The van der Waals surface area contributed by atoms with Crippen molar-refractivity contribution in [3.8, 4) is 11.6 Å². The van der Waals surface area contributed by atoms with E-state index in [2.05, 4.69) is 25.2 Å². The van der Waals surface area contributed by atoms with E-state index in [4.69, 9.17) is 14.8 Å². The molecule has 250 valence electrons. The predicted octanol–water partition coefficient (Wildman–Crippen LogP) is -0.703. The maximum absolute atomic E-state index is 12.4. The zero-order valence-electron chi connectivity index (χ0n) is 28.1. The topological polar surface area (TPSA) is 203 Å². The average molecular weight is 709 g/mol. The van der Waals surface area contributed by atoms with Gasteiger partial charge in [-0.3, -0.25) is 24.0 Å². The molecule has 0 saturated carbocycles. The van der Waals surface area contributed by atoms with Crippen molar-refractivity contribution in [3.63, 3.8) is 0 Å². The van der Waals surface area contributed by atoms with Gasteiger partial charge in [0.1, 0.15) is 5.71 Å².